The minimum absolute atomic E-state index is 0.107. The number of unbranched alkanes of at least 4 members (excludes halogenated alkanes) is 10. The van der Waals surface area contributed by atoms with Crippen LogP contribution in [0.3, 0.4) is 0 Å². The van der Waals surface area contributed by atoms with Gasteiger partial charge in [-0.3, -0.25) is 73.7 Å². The number of aryl methyl sites for hydroxylation is 2. The summed E-state index contributed by atoms with van der Waals surface area (Å²) in [5.74, 6) is -2.48. The number of aromatic nitrogens is 6. The van der Waals surface area contributed by atoms with Gasteiger partial charge >= 0.3 is 0 Å². The Morgan fingerprint density at radius 1 is 0.420 bits per heavy atom. The number of nitrogens with one attached hydrogen (secondary N) is 3. The zero-order chi connectivity index (χ0) is 82.0. The largest absolute Gasteiger partial charge is 0.474 e. The van der Waals surface area contributed by atoms with E-state index in [1.54, 1.807) is 24.3 Å². The van der Waals surface area contributed by atoms with Gasteiger partial charge in [-0.05, 0) is 129 Å². The summed E-state index contributed by atoms with van der Waals surface area (Å²) in [6.07, 6.45) is 30.9. The highest BCUT2D eigenvalue weighted by molar-refractivity contribution is 6.25. The van der Waals surface area contributed by atoms with Crippen molar-refractivity contribution >= 4 is 109 Å². The van der Waals surface area contributed by atoms with Crippen LogP contribution in [0.25, 0.3) is 65.9 Å². The van der Waals surface area contributed by atoms with Gasteiger partial charge in [-0.2, -0.15) is 0 Å². The molecule has 12 heterocycles. The van der Waals surface area contributed by atoms with Crippen molar-refractivity contribution in [2.75, 3.05) is 81.9 Å². The highest BCUT2D eigenvalue weighted by atomic mass is 16.5. The van der Waals surface area contributed by atoms with Gasteiger partial charge in [0.05, 0.1) is 45.5 Å². The van der Waals surface area contributed by atoms with Crippen LogP contribution in [0.4, 0.5) is 11.4 Å². The number of piperidine rings is 2. The second-order valence-electron chi connectivity index (χ2n) is 32.3. The molecule has 18 rings (SSSR count). The van der Waals surface area contributed by atoms with Crippen LogP contribution in [-0.2, 0) is 47.5 Å². The van der Waals surface area contributed by atoms with Crippen molar-refractivity contribution in [2.45, 2.75) is 165 Å². The van der Waals surface area contributed by atoms with Gasteiger partial charge in [0, 0.05) is 229 Å². The molecule has 0 bridgehead atoms. The normalized spacial score (nSPS) is 20.6. The van der Waals surface area contributed by atoms with E-state index < -0.39 is 47.5 Å². The number of carbonyl (C=O) groups is 9. The van der Waals surface area contributed by atoms with Crippen molar-refractivity contribution in [3.8, 4) is 34.0 Å². The van der Waals surface area contributed by atoms with Crippen molar-refractivity contribution < 1.29 is 62.1 Å². The van der Waals surface area contributed by atoms with E-state index in [2.05, 4.69) is 134 Å². The lowest BCUT2D eigenvalue weighted by atomic mass is 9.92. The second-order valence-corrected chi connectivity index (χ2v) is 32.3. The lowest BCUT2D eigenvalue weighted by Crippen LogP contribution is -2.54. The fourth-order valence-electron chi connectivity index (χ4n) is 17.5. The predicted molar refractivity (Wildman–Crippen MR) is 451 cm³/mol. The Kier molecular flexibility index (Phi) is 25.3. The number of imide groups is 4. The van der Waals surface area contributed by atoms with Gasteiger partial charge in [0.1, 0.15) is 30.6 Å². The summed E-state index contributed by atoms with van der Waals surface area (Å²) in [4.78, 5) is 136. The number of benzene rings is 4. The van der Waals surface area contributed by atoms with Gasteiger partial charge in [-0.1, -0.05) is 69.2 Å². The van der Waals surface area contributed by atoms with Gasteiger partial charge in [0.25, 0.3) is 23.6 Å². The number of hydrogen-bond acceptors (Lipinski definition) is 21. The summed E-state index contributed by atoms with van der Waals surface area (Å²) in [7, 11) is 4.19. The molecule has 6 fully saturated rings. The van der Waals surface area contributed by atoms with Crippen LogP contribution in [0.15, 0.2) is 146 Å². The van der Waals surface area contributed by atoms with Gasteiger partial charge < -0.3 is 48.0 Å². The molecule has 27 heteroatoms. The molecule has 0 spiro atoms. The van der Waals surface area contributed by atoms with Crippen LogP contribution in [0.2, 0.25) is 0 Å². The van der Waals surface area contributed by atoms with Gasteiger partial charge in [-0.15, -0.1) is 0 Å². The number of fused-ring (bicyclic) bond motifs is 8. The molecule has 2 unspecified atom stereocenters. The molecule has 618 valence electrons. The molecule has 119 heavy (non-hydrogen) atoms. The van der Waals surface area contributed by atoms with Crippen LogP contribution in [0.5, 0.6) is 11.8 Å². The molecule has 4 saturated heterocycles. The minimum atomic E-state index is -0.952. The Bertz CT molecular complexity index is 5430. The molecule has 27 nitrogen and oxygen atoms in total. The van der Waals surface area contributed by atoms with Crippen molar-refractivity contribution in [1.29, 1.82) is 0 Å². The number of ether oxygens (including phenoxy) is 4. The molecule has 2 aliphatic carbocycles. The molecule has 2 atom stereocenters. The van der Waals surface area contributed by atoms with Crippen LogP contribution in [-0.4, -0.2) is 206 Å². The number of rotatable bonds is 29. The summed E-state index contributed by atoms with van der Waals surface area (Å²) in [6.45, 7) is 9.69. The molecule has 0 radical (unpaired) electrons. The molecule has 8 amide bonds. The SMILES string of the molecule is Cn1c2ccncc2c2ccc(-c3ccc(OC4CC(OCCCCCCCC=O)C4)nc3)cc21.Cn1c2ccncc2c2ccc(-c3ccc(OC4CC(OCCCCCCCCN5CCN(c6ccc7c(c6)C(=O)N(C6CCC(=O)NC6=O)C7=O)CC5)C4)nc3)cc21.O=C1CCC(N2C(=O)c3ccc(N4CCNCC4)cc3C2=O)C(=O)N1. The number of anilines is 2. The molecule has 2 saturated carbocycles. The van der Waals surface area contributed by atoms with E-state index in [0.717, 1.165) is 179 Å². The fourth-order valence-corrected chi connectivity index (χ4v) is 17.5. The van der Waals surface area contributed by atoms with Gasteiger partial charge in [0.2, 0.25) is 35.4 Å². The van der Waals surface area contributed by atoms with E-state index in [0.29, 0.717) is 46.5 Å². The molecule has 8 aliphatic rings. The predicted octanol–water partition coefficient (Wildman–Crippen LogP) is 12.0. The van der Waals surface area contributed by atoms with Gasteiger partial charge in [-0.25, -0.2) is 9.97 Å². The van der Waals surface area contributed by atoms with Crippen molar-refractivity contribution in [3.63, 3.8) is 0 Å². The summed E-state index contributed by atoms with van der Waals surface area (Å²) >= 11 is 0. The minimum Gasteiger partial charge on any atom is -0.474 e. The number of hydrogen-bond donors (Lipinski definition) is 3. The average Bonchev–Trinajstić information content (AvgIpc) is 1.63. The number of pyridine rings is 4. The maximum atomic E-state index is 13.3. The van der Waals surface area contributed by atoms with E-state index >= 15 is 0 Å². The maximum absolute atomic E-state index is 13.3. The number of piperazine rings is 2. The number of nitrogens with zero attached hydrogens (tertiary/aromatic N) is 11. The number of aldehydes is 1. The van der Waals surface area contributed by atoms with Crippen molar-refractivity contribution in [1.82, 2.24) is 59.7 Å². The Morgan fingerprint density at radius 3 is 1.31 bits per heavy atom. The Morgan fingerprint density at radius 2 is 0.857 bits per heavy atom. The van der Waals surface area contributed by atoms with Gasteiger partial charge in [0.15, 0.2) is 0 Å². The summed E-state index contributed by atoms with van der Waals surface area (Å²) < 4.78 is 28.7. The lowest BCUT2D eigenvalue weighted by Gasteiger charge is -2.36. The van der Waals surface area contributed by atoms with Crippen LogP contribution >= 0.6 is 0 Å². The maximum Gasteiger partial charge on any atom is 0.262 e. The summed E-state index contributed by atoms with van der Waals surface area (Å²) in [5, 5.41) is 12.5. The van der Waals surface area contributed by atoms with E-state index in [-0.39, 0.29) is 55.8 Å². The Balaban J connectivity index is 0.000000148. The zero-order valence-electron chi connectivity index (χ0n) is 67.5. The molecular formula is C92H102N14O13. The standard InChI is InChI=1S/C46H51N7O6.C29H33N3O3.C17H18N4O4/c1-50-39-16-17-47-29-38(39)35-11-8-30(24-41(35)50)31-9-15-43(48-28-31)59-34-26-33(27-34)58-23-7-5-3-2-4-6-18-51-19-21-52(22-20-51)32-10-12-36-37(25-32)46(57)53(45(36)56)40-13-14-42(54)49-44(40)55;1-32-27-12-13-30-20-26(27)25-10-8-21(16-28(25)32)22-9-11-29(31-19-22)35-24-17-23(18-24)34-15-7-5-3-2-4-6-14-33;22-14-4-3-13(15(23)19-14)21-16(24)11-2-1-10(9-12(11)17(21)25)20-7-5-18-6-8-20/h8-12,15-17,24-25,28-29,33-34,40H,2-7,13-14,18-23,26-27H2,1H3,(H,49,54,55);8-14,16,19-20,23-24H,2-7,15,17-18H2,1H3;1-2,9,13,18H,3-8H2,(H,19,22,23). The van der Waals surface area contributed by atoms with E-state index in [1.165, 1.54) is 83.2 Å². The molecule has 6 aromatic heterocycles. The zero-order valence-corrected chi connectivity index (χ0v) is 67.5. The highest BCUT2D eigenvalue weighted by Crippen LogP contribution is 2.38. The smallest absolute Gasteiger partial charge is 0.262 e. The van der Waals surface area contributed by atoms with E-state index in [1.807, 2.05) is 61.4 Å². The summed E-state index contributed by atoms with van der Waals surface area (Å²) in [5.41, 5.74) is 12.2. The number of carbonyl (C=O) groups excluding carboxylic acids is 9. The van der Waals surface area contributed by atoms with E-state index in [4.69, 9.17) is 18.9 Å². The first kappa shape index (κ1) is 81.1. The molecule has 10 aromatic rings. The third-order valence-electron chi connectivity index (χ3n) is 24.5. The molecular weight excluding hydrogens is 1510 g/mol. The summed E-state index contributed by atoms with van der Waals surface area (Å²) in [6, 6.07) is 34.0. The highest BCUT2D eigenvalue weighted by Gasteiger charge is 2.47. The molecule has 4 aromatic carbocycles. The fraction of sp³-hybridized carbons (Fsp3) is 0.424. The quantitative estimate of drug-likeness (QED) is 0.0223. The average molecular weight is 1610 g/mol. The number of amides is 8. The monoisotopic (exact) mass is 1610 g/mol. The first-order valence-electron chi connectivity index (χ1n) is 42.3. The second kappa shape index (κ2) is 37.1. The third kappa shape index (κ3) is 18.2. The Hall–Kier alpha value is -11.7. The first-order chi connectivity index (χ1) is 58.1. The van der Waals surface area contributed by atoms with Crippen LogP contribution in [0.1, 0.15) is 170 Å². The Labute approximate surface area is 690 Å². The topological polar surface area (TPSA) is 304 Å². The first-order valence-corrected chi connectivity index (χ1v) is 42.3. The van der Waals surface area contributed by atoms with Crippen molar-refractivity contribution in [3.05, 3.63) is 169 Å². The third-order valence-corrected chi connectivity index (χ3v) is 24.5. The lowest BCUT2D eigenvalue weighted by molar-refractivity contribution is -0.137. The van der Waals surface area contributed by atoms with E-state index in [9.17, 15) is 43.2 Å². The molecule has 3 N–H and O–H groups in total. The van der Waals surface area contributed by atoms with Crippen molar-refractivity contribution in [2.24, 2.45) is 14.1 Å². The molecule has 6 aliphatic heterocycles. The van der Waals surface area contributed by atoms with Crippen LogP contribution < -0.4 is 35.2 Å². The van der Waals surface area contributed by atoms with Crippen LogP contribution in [0, 0.1) is 0 Å².